The maximum atomic E-state index is 12.4. The Kier molecular flexibility index (Phi) is 3.71. The summed E-state index contributed by atoms with van der Waals surface area (Å²) in [6.45, 7) is 0. The van der Waals surface area contributed by atoms with Crippen LogP contribution in [0.15, 0.2) is 42.5 Å². The molecule has 2 aromatic rings. The van der Waals surface area contributed by atoms with Gasteiger partial charge in [0.25, 0.3) is 0 Å². The molecule has 0 atom stereocenters. The van der Waals surface area contributed by atoms with Crippen LogP contribution in [-0.4, -0.2) is 20.0 Å². The first kappa shape index (κ1) is 13.0. The van der Waals surface area contributed by atoms with Gasteiger partial charge in [-0.3, -0.25) is 4.79 Å². The van der Waals surface area contributed by atoms with Crippen LogP contribution in [0.2, 0.25) is 0 Å². The average Bonchev–Trinajstić information content (AvgIpc) is 2.46. The Labute approximate surface area is 111 Å². The number of anilines is 1. The van der Waals surface area contributed by atoms with Crippen molar-refractivity contribution in [2.75, 3.05) is 20.0 Å². The zero-order valence-corrected chi connectivity index (χ0v) is 10.8. The number of carbonyl (C=O) groups is 1. The van der Waals surface area contributed by atoms with Gasteiger partial charge in [-0.15, -0.1) is 0 Å². The van der Waals surface area contributed by atoms with E-state index in [2.05, 4.69) is 0 Å². The average molecular weight is 257 g/mol. The number of methoxy groups -OCH3 is 2. The lowest BCUT2D eigenvalue weighted by Crippen LogP contribution is -2.05. The molecular formula is C15H15NO3. The fourth-order valence-electron chi connectivity index (χ4n) is 1.79. The van der Waals surface area contributed by atoms with Crippen molar-refractivity contribution in [3.05, 3.63) is 53.6 Å². The summed E-state index contributed by atoms with van der Waals surface area (Å²) in [5.74, 6) is 1.12. The van der Waals surface area contributed by atoms with Gasteiger partial charge in [0.15, 0.2) is 5.78 Å². The molecule has 0 saturated heterocycles. The molecule has 19 heavy (non-hydrogen) atoms. The first-order valence-corrected chi connectivity index (χ1v) is 5.78. The van der Waals surface area contributed by atoms with Gasteiger partial charge in [-0.2, -0.15) is 0 Å². The number of rotatable bonds is 4. The third-order valence-electron chi connectivity index (χ3n) is 2.84. The highest BCUT2D eigenvalue weighted by Crippen LogP contribution is 2.23. The minimum atomic E-state index is -0.140. The van der Waals surface area contributed by atoms with Crippen molar-refractivity contribution in [1.82, 2.24) is 0 Å². The van der Waals surface area contributed by atoms with Crippen LogP contribution in [0.5, 0.6) is 11.5 Å². The van der Waals surface area contributed by atoms with Crippen LogP contribution in [0.3, 0.4) is 0 Å². The largest absolute Gasteiger partial charge is 0.497 e. The van der Waals surface area contributed by atoms with Crippen molar-refractivity contribution in [3.63, 3.8) is 0 Å². The van der Waals surface area contributed by atoms with Crippen LogP contribution in [-0.2, 0) is 0 Å². The van der Waals surface area contributed by atoms with Crippen molar-refractivity contribution < 1.29 is 14.3 Å². The maximum absolute atomic E-state index is 12.4. The topological polar surface area (TPSA) is 61.5 Å². The lowest BCUT2D eigenvalue weighted by atomic mass is 10.0. The molecule has 2 rings (SSSR count). The van der Waals surface area contributed by atoms with Gasteiger partial charge in [-0.25, -0.2) is 0 Å². The number of hydrogen-bond acceptors (Lipinski definition) is 4. The zero-order valence-electron chi connectivity index (χ0n) is 10.8. The standard InChI is InChI=1S/C15H15NO3/c1-18-11-5-3-4-10(8-11)15(17)13-7-6-12(19-2)9-14(13)16/h3-9H,16H2,1-2H3. The summed E-state index contributed by atoms with van der Waals surface area (Å²) in [5, 5.41) is 0. The smallest absolute Gasteiger partial charge is 0.195 e. The lowest BCUT2D eigenvalue weighted by Gasteiger charge is -2.08. The number of hydrogen-bond donors (Lipinski definition) is 1. The summed E-state index contributed by atoms with van der Waals surface area (Å²) in [6, 6.07) is 12.0. The second-order valence-electron chi connectivity index (χ2n) is 4.01. The Bertz CT molecular complexity index is 608. The molecule has 0 aromatic heterocycles. The molecule has 0 heterocycles. The minimum Gasteiger partial charge on any atom is -0.497 e. The first-order chi connectivity index (χ1) is 9.15. The number of carbonyl (C=O) groups excluding carboxylic acids is 1. The molecular weight excluding hydrogens is 242 g/mol. The molecule has 4 nitrogen and oxygen atoms in total. The molecule has 0 saturated carbocycles. The Morgan fingerprint density at radius 3 is 2.32 bits per heavy atom. The third-order valence-corrected chi connectivity index (χ3v) is 2.84. The second kappa shape index (κ2) is 5.44. The molecule has 2 N–H and O–H groups in total. The van der Waals surface area contributed by atoms with Crippen molar-refractivity contribution in [3.8, 4) is 11.5 Å². The molecule has 0 spiro atoms. The Morgan fingerprint density at radius 1 is 1.00 bits per heavy atom. The van der Waals surface area contributed by atoms with Crippen LogP contribution < -0.4 is 15.2 Å². The summed E-state index contributed by atoms with van der Waals surface area (Å²) in [4.78, 5) is 12.4. The Morgan fingerprint density at radius 2 is 1.68 bits per heavy atom. The summed E-state index contributed by atoms with van der Waals surface area (Å²) in [5.41, 5.74) is 7.26. The van der Waals surface area contributed by atoms with E-state index in [1.165, 1.54) is 0 Å². The fourth-order valence-corrected chi connectivity index (χ4v) is 1.79. The van der Waals surface area contributed by atoms with E-state index in [4.69, 9.17) is 15.2 Å². The molecule has 0 aliphatic heterocycles. The van der Waals surface area contributed by atoms with Crippen LogP contribution in [0.1, 0.15) is 15.9 Å². The van der Waals surface area contributed by atoms with E-state index in [1.54, 1.807) is 56.7 Å². The summed E-state index contributed by atoms with van der Waals surface area (Å²) < 4.78 is 10.2. The van der Waals surface area contributed by atoms with Gasteiger partial charge in [-0.1, -0.05) is 12.1 Å². The number of ether oxygens (including phenoxy) is 2. The predicted molar refractivity (Wildman–Crippen MR) is 73.8 cm³/mol. The summed E-state index contributed by atoms with van der Waals surface area (Å²) in [7, 11) is 3.11. The monoisotopic (exact) mass is 257 g/mol. The van der Waals surface area contributed by atoms with Crippen molar-refractivity contribution in [2.24, 2.45) is 0 Å². The molecule has 2 aromatic carbocycles. The van der Waals surface area contributed by atoms with E-state index in [9.17, 15) is 4.79 Å². The number of nitrogen functional groups attached to an aromatic ring is 1. The zero-order chi connectivity index (χ0) is 13.8. The number of nitrogens with two attached hydrogens (primary N) is 1. The van der Waals surface area contributed by atoms with Crippen LogP contribution >= 0.6 is 0 Å². The normalized spacial score (nSPS) is 10.0. The van der Waals surface area contributed by atoms with Crippen LogP contribution in [0.25, 0.3) is 0 Å². The van der Waals surface area contributed by atoms with E-state index < -0.39 is 0 Å². The number of benzene rings is 2. The summed E-state index contributed by atoms with van der Waals surface area (Å²) >= 11 is 0. The van der Waals surface area contributed by atoms with E-state index in [-0.39, 0.29) is 5.78 Å². The molecule has 0 fully saturated rings. The molecule has 0 radical (unpaired) electrons. The van der Waals surface area contributed by atoms with Gasteiger partial charge in [-0.05, 0) is 24.3 Å². The second-order valence-corrected chi connectivity index (χ2v) is 4.01. The molecule has 0 aliphatic rings. The molecule has 98 valence electrons. The SMILES string of the molecule is COc1cccc(C(=O)c2ccc(OC)cc2N)c1. The lowest BCUT2D eigenvalue weighted by molar-refractivity contribution is 0.103. The highest BCUT2D eigenvalue weighted by atomic mass is 16.5. The quantitative estimate of drug-likeness (QED) is 0.675. The molecule has 0 unspecified atom stereocenters. The van der Waals surface area contributed by atoms with Crippen molar-refractivity contribution in [2.45, 2.75) is 0 Å². The minimum absolute atomic E-state index is 0.140. The van der Waals surface area contributed by atoms with Crippen LogP contribution in [0.4, 0.5) is 5.69 Å². The van der Waals surface area contributed by atoms with E-state index >= 15 is 0 Å². The van der Waals surface area contributed by atoms with Gasteiger partial charge in [0.05, 0.1) is 14.2 Å². The van der Waals surface area contributed by atoms with E-state index in [1.807, 2.05) is 0 Å². The Hall–Kier alpha value is -2.49. The third kappa shape index (κ3) is 2.68. The molecule has 0 amide bonds. The molecule has 4 heteroatoms. The van der Waals surface area contributed by atoms with Gasteiger partial charge in [0, 0.05) is 22.9 Å². The van der Waals surface area contributed by atoms with E-state index in [0.717, 1.165) is 0 Å². The van der Waals surface area contributed by atoms with E-state index in [0.29, 0.717) is 28.3 Å². The highest BCUT2D eigenvalue weighted by molar-refractivity contribution is 6.12. The molecule has 0 aliphatic carbocycles. The summed E-state index contributed by atoms with van der Waals surface area (Å²) in [6.07, 6.45) is 0. The first-order valence-electron chi connectivity index (χ1n) is 5.78. The predicted octanol–water partition coefficient (Wildman–Crippen LogP) is 2.52. The van der Waals surface area contributed by atoms with Gasteiger partial charge in [0.1, 0.15) is 11.5 Å². The highest BCUT2D eigenvalue weighted by Gasteiger charge is 2.13. The fraction of sp³-hybridized carbons (Fsp3) is 0.133. The Balaban J connectivity index is 2.38. The number of ketones is 1. The molecule has 0 bridgehead atoms. The van der Waals surface area contributed by atoms with Gasteiger partial charge >= 0.3 is 0 Å². The van der Waals surface area contributed by atoms with Crippen molar-refractivity contribution >= 4 is 11.5 Å². The van der Waals surface area contributed by atoms with Gasteiger partial charge < -0.3 is 15.2 Å². The van der Waals surface area contributed by atoms with Gasteiger partial charge in [0.2, 0.25) is 0 Å². The maximum Gasteiger partial charge on any atom is 0.195 e. The van der Waals surface area contributed by atoms with Crippen LogP contribution in [0, 0.1) is 0 Å². The van der Waals surface area contributed by atoms with Crippen molar-refractivity contribution in [1.29, 1.82) is 0 Å².